The van der Waals surface area contributed by atoms with Gasteiger partial charge < -0.3 is 11.1 Å². The Balaban J connectivity index is 1.70. The number of rotatable bonds is 3. The second-order valence-corrected chi connectivity index (χ2v) is 5.10. The van der Waals surface area contributed by atoms with E-state index in [9.17, 15) is 0 Å². The Morgan fingerprint density at radius 1 is 1.38 bits per heavy atom. The van der Waals surface area contributed by atoms with Crippen molar-refractivity contribution in [3.8, 4) is 0 Å². The van der Waals surface area contributed by atoms with Gasteiger partial charge in [0.05, 0.1) is 12.2 Å². The van der Waals surface area contributed by atoms with Crippen LogP contribution in [-0.2, 0) is 6.54 Å². The van der Waals surface area contributed by atoms with Gasteiger partial charge in [-0.25, -0.2) is 4.68 Å². The van der Waals surface area contributed by atoms with E-state index in [1.54, 1.807) is 0 Å². The lowest BCUT2D eigenvalue weighted by molar-refractivity contribution is 0.400. The lowest BCUT2D eigenvalue weighted by atomic mass is 9.83. The fourth-order valence-corrected chi connectivity index (χ4v) is 2.62. The highest BCUT2D eigenvalue weighted by Crippen LogP contribution is 2.36. The van der Waals surface area contributed by atoms with E-state index in [2.05, 4.69) is 16.5 Å². The van der Waals surface area contributed by atoms with Crippen LogP contribution in [-0.4, -0.2) is 22.4 Å². The third-order valence-corrected chi connectivity index (χ3v) is 3.91. The number of aromatic nitrogens is 2. The molecule has 0 aromatic carbocycles. The van der Waals surface area contributed by atoms with Crippen LogP contribution in [0, 0.1) is 0 Å². The zero-order valence-electron chi connectivity index (χ0n) is 9.65. The lowest BCUT2D eigenvalue weighted by Crippen LogP contribution is -2.27. The van der Waals surface area contributed by atoms with Gasteiger partial charge in [-0.05, 0) is 32.2 Å². The molecule has 1 saturated heterocycles. The van der Waals surface area contributed by atoms with Crippen molar-refractivity contribution in [3.05, 3.63) is 11.8 Å². The Hall–Kier alpha value is -1.03. The summed E-state index contributed by atoms with van der Waals surface area (Å²) in [6.07, 6.45) is 6.46. The zero-order chi connectivity index (χ0) is 11.0. The molecule has 1 aromatic rings. The number of nitrogens with zero attached hydrogens (tertiary/aromatic N) is 2. The van der Waals surface area contributed by atoms with E-state index >= 15 is 0 Å². The molecule has 4 heteroatoms. The monoisotopic (exact) mass is 220 g/mol. The summed E-state index contributed by atoms with van der Waals surface area (Å²) in [6, 6.07) is 2.63. The molecule has 1 saturated carbocycles. The Kier molecular flexibility index (Phi) is 2.59. The van der Waals surface area contributed by atoms with E-state index in [1.807, 2.05) is 4.68 Å². The van der Waals surface area contributed by atoms with Gasteiger partial charge in [-0.2, -0.15) is 5.10 Å². The molecular formula is C12H20N4. The molecule has 2 fully saturated rings. The largest absolute Gasteiger partial charge is 0.384 e. The van der Waals surface area contributed by atoms with Gasteiger partial charge in [0.15, 0.2) is 0 Å². The zero-order valence-corrected chi connectivity index (χ0v) is 9.65. The molecule has 3 rings (SSSR count). The highest BCUT2D eigenvalue weighted by Gasteiger charge is 2.24. The third kappa shape index (κ3) is 1.82. The van der Waals surface area contributed by atoms with Crippen LogP contribution in [0.3, 0.4) is 0 Å². The molecule has 1 atom stereocenters. The molecule has 1 aliphatic carbocycles. The predicted molar refractivity (Wildman–Crippen MR) is 64.3 cm³/mol. The summed E-state index contributed by atoms with van der Waals surface area (Å²) in [5, 5.41) is 8.13. The van der Waals surface area contributed by atoms with Crippen LogP contribution in [0.5, 0.6) is 0 Å². The van der Waals surface area contributed by atoms with Crippen molar-refractivity contribution in [3.63, 3.8) is 0 Å². The van der Waals surface area contributed by atoms with E-state index in [0.29, 0.717) is 12.0 Å². The molecule has 0 radical (unpaired) electrons. The molecule has 0 spiro atoms. The van der Waals surface area contributed by atoms with Gasteiger partial charge in [0.2, 0.25) is 0 Å². The van der Waals surface area contributed by atoms with Crippen LogP contribution in [0.15, 0.2) is 6.07 Å². The minimum Gasteiger partial charge on any atom is -0.384 e. The summed E-state index contributed by atoms with van der Waals surface area (Å²) in [7, 11) is 0. The van der Waals surface area contributed by atoms with Crippen LogP contribution in [0.1, 0.15) is 43.7 Å². The van der Waals surface area contributed by atoms with Gasteiger partial charge in [-0.1, -0.05) is 6.42 Å². The van der Waals surface area contributed by atoms with Gasteiger partial charge in [-0.3, -0.25) is 0 Å². The standard InChI is InChI=1S/C12H20N4/c13-12-7-11(9-3-1-4-9)15-16(12)8-10-5-2-6-14-10/h7,9-10,14H,1-6,8,13H2/t10-/m0/s1. The number of nitrogens with one attached hydrogen (secondary N) is 1. The van der Waals surface area contributed by atoms with Crippen LogP contribution in [0.2, 0.25) is 0 Å². The van der Waals surface area contributed by atoms with Crippen LogP contribution in [0.25, 0.3) is 0 Å². The maximum atomic E-state index is 6.01. The van der Waals surface area contributed by atoms with Crippen LogP contribution < -0.4 is 11.1 Å². The minimum absolute atomic E-state index is 0.566. The fourth-order valence-electron chi connectivity index (χ4n) is 2.62. The molecule has 0 unspecified atom stereocenters. The molecule has 3 N–H and O–H groups in total. The lowest BCUT2D eigenvalue weighted by Gasteiger charge is -2.22. The van der Waals surface area contributed by atoms with E-state index < -0.39 is 0 Å². The van der Waals surface area contributed by atoms with Crippen molar-refractivity contribution in [2.45, 2.75) is 50.6 Å². The molecule has 1 aliphatic heterocycles. The van der Waals surface area contributed by atoms with Crippen LogP contribution >= 0.6 is 0 Å². The number of hydrogen-bond donors (Lipinski definition) is 2. The van der Waals surface area contributed by atoms with E-state index in [0.717, 1.165) is 18.9 Å². The quantitative estimate of drug-likeness (QED) is 0.811. The van der Waals surface area contributed by atoms with E-state index in [4.69, 9.17) is 5.73 Å². The smallest absolute Gasteiger partial charge is 0.121 e. The first-order chi connectivity index (χ1) is 7.83. The molecule has 88 valence electrons. The van der Waals surface area contributed by atoms with Gasteiger partial charge >= 0.3 is 0 Å². The normalized spacial score (nSPS) is 25.9. The van der Waals surface area contributed by atoms with Crippen molar-refractivity contribution in [1.82, 2.24) is 15.1 Å². The van der Waals surface area contributed by atoms with Gasteiger partial charge in [0.25, 0.3) is 0 Å². The van der Waals surface area contributed by atoms with Gasteiger partial charge in [0, 0.05) is 18.0 Å². The molecular weight excluding hydrogens is 200 g/mol. The van der Waals surface area contributed by atoms with Gasteiger partial charge in [0.1, 0.15) is 5.82 Å². The summed E-state index contributed by atoms with van der Waals surface area (Å²) in [5.41, 5.74) is 7.22. The average molecular weight is 220 g/mol. The average Bonchev–Trinajstić information content (AvgIpc) is 2.76. The second-order valence-electron chi connectivity index (χ2n) is 5.10. The molecule has 2 aliphatic rings. The molecule has 2 heterocycles. The van der Waals surface area contributed by atoms with E-state index in [-0.39, 0.29) is 0 Å². The molecule has 0 bridgehead atoms. The molecule has 4 nitrogen and oxygen atoms in total. The molecule has 1 aromatic heterocycles. The SMILES string of the molecule is Nc1cc(C2CCC2)nn1C[C@@H]1CCCN1. The Labute approximate surface area is 96.2 Å². The fraction of sp³-hybridized carbons (Fsp3) is 0.750. The maximum Gasteiger partial charge on any atom is 0.121 e. The number of nitrogen functional groups attached to an aromatic ring is 1. The summed E-state index contributed by atoms with van der Waals surface area (Å²) in [6.45, 7) is 2.07. The highest BCUT2D eigenvalue weighted by molar-refractivity contribution is 5.33. The molecule has 16 heavy (non-hydrogen) atoms. The Morgan fingerprint density at radius 2 is 2.25 bits per heavy atom. The van der Waals surface area contributed by atoms with Crippen LogP contribution in [0.4, 0.5) is 5.82 Å². The predicted octanol–water partition coefficient (Wildman–Crippen LogP) is 1.48. The van der Waals surface area contributed by atoms with Crippen molar-refractivity contribution < 1.29 is 0 Å². The summed E-state index contributed by atoms with van der Waals surface area (Å²) in [5.74, 6) is 1.51. The van der Waals surface area contributed by atoms with E-state index in [1.165, 1.54) is 37.8 Å². The van der Waals surface area contributed by atoms with Crippen molar-refractivity contribution in [2.24, 2.45) is 0 Å². The van der Waals surface area contributed by atoms with Crippen molar-refractivity contribution >= 4 is 5.82 Å². The van der Waals surface area contributed by atoms with Crippen molar-refractivity contribution in [2.75, 3.05) is 12.3 Å². The maximum absolute atomic E-state index is 6.01. The first-order valence-corrected chi connectivity index (χ1v) is 6.39. The molecule has 0 amide bonds. The Bertz CT molecular complexity index is 361. The number of anilines is 1. The number of hydrogen-bond acceptors (Lipinski definition) is 3. The Morgan fingerprint density at radius 3 is 2.88 bits per heavy atom. The van der Waals surface area contributed by atoms with Gasteiger partial charge in [-0.15, -0.1) is 0 Å². The topological polar surface area (TPSA) is 55.9 Å². The first-order valence-electron chi connectivity index (χ1n) is 6.39. The first kappa shape index (κ1) is 10.1. The number of nitrogens with two attached hydrogens (primary N) is 1. The second kappa shape index (κ2) is 4.09. The third-order valence-electron chi connectivity index (χ3n) is 3.91. The minimum atomic E-state index is 0.566. The summed E-state index contributed by atoms with van der Waals surface area (Å²) < 4.78 is 1.98. The summed E-state index contributed by atoms with van der Waals surface area (Å²) >= 11 is 0. The highest BCUT2D eigenvalue weighted by atomic mass is 15.3. The summed E-state index contributed by atoms with van der Waals surface area (Å²) in [4.78, 5) is 0. The van der Waals surface area contributed by atoms with Crippen molar-refractivity contribution in [1.29, 1.82) is 0 Å².